The van der Waals surface area contributed by atoms with E-state index in [1.807, 2.05) is 0 Å². The molecule has 0 saturated heterocycles. The molecule has 0 aliphatic rings. The average Bonchev–Trinajstić information content (AvgIpc) is 2.22. The van der Waals surface area contributed by atoms with Crippen molar-refractivity contribution < 1.29 is 9.53 Å². The van der Waals surface area contributed by atoms with Crippen LogP contribution in [0.25, 0.3) is 0 Å². The highest BCUT2D eigenvalue weighted by Gasteiger charge is 2.07. The third kappa shape index (κ3) is 3.31. The lowest BCUT2D eigenvalue weighted by Gasteiger charge is -2.04. The number of ether oxygens (including phenoxy) is 1. The summed E-state index contributed by atoms with van der Waals surface area (Å²) in [7, 11) is 2.97. The van der Waals surface area contributed by atoms with Crippen molar-refractivity contribution in [2.24, 2.45) is 7.05 Å². The first kappa shape index (κ1) is 12.7. The molecule has 0 aliphatic heterocycles. The summed E-state index contributed by atoms with van der Waals surface area (Å²) in [4.78, 5) is 36.5. The molecule has 0 atom stereocenters. The van der Waals surface area contributed by atoms with E-state index < -0.39 is 11.1 Å². The highest BCUT2D eigenvalue weighted by atomic mass is 32.2. The fourth-order valence-electron chi connectivity index (χ4n) is 0.937. The Morgan fingerprint density at radius 1 is 1.56 bits per heavy atom. The zero-order valence-electron chi connectivity index (χ0n) is 8.85. The number of nitrogens with zero attached hydrogens (tertiary/aromatic N) is 2. The quantitative estimate of drug-likeness (QED) is 0.516. The standard InChI is InChI=1S/C8H11N3O4S/c1-11-8(9-6(13)7(14)10-11)16-4-5(12)3-15-2/h3-4H2,1-2H3,(H,10,14). The van der Waals surface area contributed by atoms with E-state index in [2.05, 4.69) is 14.8 Å². The molecule has 0 aromatic carbocycles. The molecule has 1 aromatic heterocycles. The summed E-state index contributed by atoms with van der Waals surface area (Å²) in [5, 5.41) is 2.57. The van der Waals surface area contributed by atoms with Gasteiger partial charge in [0.25, 0.3) is 0 Å². The van der Waals surface area contributed by atoms with Gasteiger partial charge in [0.15, 0.2) is 10.9 Å². The maximum Gasteiger partial charge on any atom is 0.339 e. The Hall–Kier alpha value is -1.41. The van der Waals surface area contributed by atoms with E-state index in [1.54, 1.807) is 0 Å². The second-order valence-corrected chi connectivity index (χ2v) is 3.90. The average molecular weight is 245 g/mol. The molecule has 0 fully saturated rings. The summed E-state index contributed by atoms with van der Waals surface area (Å²) in [6.45, 7) is 0.0182. The van der Waals surface area contributed by atoms with Gasteiger partial charge >= 0.3 is 11.1 Å². The van der Waals surface area contributed by atoms with Crippen LogP contribution in [-0.4, -0.2) is 40.0 Å². The Bertz CT molecular complexity index is 493. The van der Waals surface area contributed by atoms with Crippen molar-refractivity contribution in [1.82, 2.24) is 14.8 Å². The lowest BCUT2D eigenvalue weighted by molar-refractivity contribution is -0.120. The summed E-state index contributed by atoms with van der Waals surface area (Å²) in [6, 6.07) is 0. The Labute approximate surface area is 94.8 Å². The Balaban J connectivity index is 2.75. The number of rotatable bonds is 5. The molecule has 1 rings (SSSR count). The van der Waals surface area contributed by atoms with Gasteiger partial charge in [0, 0.05) is 14.2 Å². The largest absolute Gasteiger partial charge is 0.377 e. The van der Waals surface area contributed by atoms with E-state index in [9.17, 15) is 14.4 Å². The number of thioether (sulfide) groups is 1. The smallest absolute Gasteiger partial charge is 0.339 e. The molecule has 0 amide bonds. The molecule has 88 valence electrons. The van der Waals surface area contributed by atoms with Crippen LogP contribution in [0.15, 0.2) is 14.7 Å². The summed E-state index contributed by atoms with van der Waals surface area (Å²) >= 11 is 1.07. The number of hydrogen-bond donors (Lipinski definition) is 1. The van der Waals surface area contributed by atoms with Crippen LogP contribution < -0.4 is 11.1 Å². The molecule has 0 spiro atoms. The van der Waals surface area contributed by atoms with Crippen molar-refractivity contribution in [1.29, 1.82) is 0 Å². The number of aromatic amines is 1. The summed E-state index contributed by atoms with van der Waals surface area (Å²) < 4.78 is 5.96. The summed E-state index contributed by atoms with van der Waals surface area (Å²) in [5.41, 5.74) is -1.64. The van der Waals surface area contributed by atoms with Gasteiger partial charge in [0.1, 0.15) is 6.61 Å². The molecule has 1 aromatic rings. The number of carbonyl (C=O) groups is 1. The fourth-order valence-corrected chi connectivity index (χ4v) is 1.70. The Kier molecular flexibility index (Phi) is 4.44. The van der Waals surface area contributed by atoms with E-state index in [-0.39, 0.29) is 23.3 Å². The van der Waals surface area contributed by atoms with Crippen molar-refractivity contribution in [3.05, 3.63) is 20.7 Å². The molecule has 0 aliphatic carbocycles. The summed E-state index contributed by atoms with van der Waals surface area (Å²) in [6.07, 6.45) is 0. The van der Waals surface area contributed by atoms with Crippen molar-refractivity contribution in [2.45, 2.75) is 5.16 Å². The minimum Gasteiger partial charge on any atom is -0.377 e. The van der Waals surface area contributed by atoms with Crippen LogP contribution in [0.1, 0.15) is 0 Å². The van der Waals surface area contributed by atoms with Gasteiger partial charge in [-0.2, -0.15) is 4.98 Å². The van der Waals surface area contributed by atoms with Gasteiger partial charge < -0.3 is 4.74 Å². The Morgan fingerprint density at radius 3 is 2.88 bits per heavy atom. The molecule has 0 bridgehead atoms. The molecule has 1 heterocycles. The number of Topliss-reactive ketones (excluding diaryl/α,β-unsaturated/α-hetero) is 1. The van der Waals surface area contributed by atoms with E-state index in [4.69, 9.17) is 0 Å². The number of ketones is 1. The molecule has 8 heteroatoms. The van der Waals surface area contributed by atoms with E-state index in [1.165, 1.54) is 18.8 Å². The van der Waals surface area contributed by atoms with Gasteiger partial charge in [-0.25, -0.2) is 0 Å². The zero-order valence-corrected chi connectivity index (χ0v) is 9.67. The summed E-state index contributed by atoms with van der Waals surface area (Å²) in [5.74, 6) is 0.0214. The number of carbonyl (C=O) groups excluding carboxylic acids is 1. The van der Waals surface area contributed by atoms with E-state index in [0.717, 1.165) is 11.8 Å². The molecule has 1 N–H and O–H groups in total. The SMILES string of the molecule is COCC(=O)CSc1nc(=O)c(=O)[nH]n1C. The normalized spacial score (nSPS) is 10.4. The minimum absolute atomic E-state index is 0.0182. The van der Waals surface area contributed by atoms with Crippen LogP contribution in [-0.2, 0) is 16.6 Å². The van der Waals surface area contributed by atoms with Gasteiger partial charge in [-0.05, 0) is 0 Å². The molecule has 0 radical (unpaired) electrons. The van der Waals surface area contributed by atoms with Gasteiger partial charge in [-0.15, -0.1) is 0 Å². The maximum atomic E-state index is 11.1. The van der Waals surface area contributed by atoms with Gasteiger partial charge in [-0.1, -0.05) is 11.8 Å². The Morgan fingerprint density at radius 2 is 2.25 bits per heavy atom. The number of hydrogen-bond acceptors (Lipinski definition) is 6. The fraction of sp³-hybridized carbons (Fsp3) is 0.500. The number of methoxy groups -OCH3 is 1. The highest BCUT2D eigenvalue weighted by molar-refractivity contribution is 7.99. The highest BCUT2D eigenvalue weighted by Crippen LogP contribution is 2.10. The first-order chi connectivity index (χ1) is 7.54. The van der Waals surface area contributed by atoms with Crippen LogP contribution in [0.2, 0.25) is 0 Å². The zero-order chi connectivity index (χ0) is 12.1. The molecular formula is C8H11N3O4S. The van der Waals surface area contributed by atoms with E-state index >= 15 is 0 Å². The number of nitrogens with one attached hydrogen (secondary N) is 1. The molecule has 0 unspecified atom stereocenters. The van der Waals surface area contributed by atoms with Gasteiger partial charge in [0.2, 0.25) is 0 Å². The minimum atomic E-state index is -0.861. The van der Waals surface area contributed by atoms with E-state index in [0.29, 0.717) is 0 Å². The number of aromatic nitrogens is 3. The third-order valence-electron chi connectivity index (χ3n) is 1.62. The van der Waals surface area contributed by atoms with Crippen molar-refractivity contribution in [2.75, 3.05) is 19.5 Å². The van der Waals surface area contributed by atoms with Crippen molar-refractivity contribution >= 4 is 17.5 Å². The first-order valence-corrected chi connectivity index (χ1v) is 5.34. The number of H-pyrrole nitrogens is 1. The molecule has 16 heavy (non-hydrogen) atoms. The lowest BCUT2D eigenvalue weighted by Crippen LogP contribution is -2.34. The monoisotopic (exact) mass is 245 g/mol. The molecule has 7 nitrogen and oxygen atoms in total. The molecule has 0 saturated carbocycles. The maximum absolute atomic E-state index is 11.1. The predicted octanol–water partition coefficient (Wildman–Crippen LogP) is -1.22. The second-order valence-electron chi connectivity index (χ2n) is 2.96. The van der Waals surface area contributed by atoms with Gasteiger partial charge in [-0.3, -0.25) is 24.2 Å². The van der Waals surface area contributed by atoms with Crippen LogP contribution >= 0.6 is 11.8 Å². The van der Waals surface area contributed by atoms with Crippen LogP contribution in [0.5, 0.6) is 0 Å². The molecular weight excluding hydrogens is 234 g/mol. The van der Waals surface area contributed by atoms with Crippen LogP contribution in [0, 0.1) is 0 Å². The van der Waals surface area contributed by atoms with Gasteiger partial charge in [0.05, 0.1) is 5.75 Å². The first-order valence-electron chi connectivity index (χ1n) is 4.35. The lowest BCUT2D eigenvalue weighted by atomic mass is 10.5. The number of aryl methyl sites for hydroxylation is 1. The van der Waals surface area contributed by atoms with Crippen LogP contribution in [0.4, 0.5) is 0 Å². The predicted molar refractivity (Wildman–Crippen MR) is 57.7 cm³/mol. The van der Waals surface area contributed by atoms with Crippen LogP contribution in [0.3, 0.4) is 0 Å². The van der Waals surface area contributed by atoms with Crippen molar-refractivity contribution in [3.63, 3.8) is 0 Å². The second kappa shape index (κ2) is 5.61. The third-order valence-corrected chi connectivity index (χ3v) is 2.70. The topological polar surface area (TPSA) is 94.1 Å². The van der Waals surface area contributed by atoms with Crippen molar-refractivity contribution in [3.8, 4) is 0 Å².